The zero-order chi connectivity index (χ0) is 13.5. The van der Waals surface area contributed by atoms with Gasteiger partial charge in [0, 0.05) is 17.6 Å². The van der Waals surface area contributed by atoms with Crippen molar-refractivity contribution in [1.82, 2.24) is 5.32 Å². The largest absolute Gasteiger partial charge is 0.491 e. The highest BCUT2D eigenvalue weighted by atomic mass is 79.9. The fraction of sp³-hybridized carbons (Fsp3) is 0.200. The maximum Gasteiger partial charge on any atom is 0.133 e. The molecule has 0 heterocycles. The van der Waals surface area contributed by atoms with Crippen molar-refractivity contribution in [2.24, 2.45) is 0 Å². The van der Waals surface area contributed by atoms with E-state index in [2.05, 4.69) is 49.3 Å². The molecule has 0 fully saturated rings. The molecule has 2 aromatic carbocycles. The van der Waals surface area contributed by atoms with Gasteiger partial charge in [-0.25, -0.2) is 0 Å². The number of hydrogen-bond donors (Lipinski definition) is 1. The van der Waals surface area contributed by atoms with Crippen LogP contribution >= 0.6 is 31.9 Å². The van der Waals surface area contributed by atoms with E-state index < -0.39 is 0 Å². The van der Waals surface area contributed by atoms with Crippen molar-refractivity contribution in [3.8, 4) is 5.75 Å². The Bertz CT molecular complexity index is 517. The summed E-state index contributed by atoms with van der Waals surface area (Å²) in [6.45, 7) is 2.33. The van der Waals surface area contributed by atoms with Gasteiger partial charge in [-0.1, -0.05) is 46.3 Å². The number of benzene rings is 2. The molecule has 100 valence electrons. The van der Waals surface area contributed by atoms with Gasteiger partial charge in [-0.2, -0.15) is 0 Å². The SMILES string of the molecule is Brc1ccc(OCCNCc2ccccc2)c(Br)c1. The van der Waals surface area contributed by atoms with E-state index in [1.807, 2.05) is 36.4 Å². The Balaban J connectivity index is 1.69. The van der Waals surface area contributed by atoms with Crippen LogP contribution < -0.4 is 10.1 Å². The molecular weight excluding hydrogens is 370 g/mol. The van der Waals surface area contributed by atoms with Gasteiger partial charge < -0.3 is 10.1 Å². The van der Waals surface area contributed by atoms with E-state index in [1.165, 1.54) is 5.56 Å². The first-order chi connectivity index (χ1) is 9.25. The van der Waals surface area contributed by atoms with Gasteiger partial charge in [0.1, 0.15) is 12.4 Å². The molecule has 2 nitrogen and oxygen atoms in total. The molecule has 0 aromatic heterocycles. The third-order valence-corrected chi connectivity index (χ3v) is 3.72. The van der Waals surface area contributed by atoms with Crippen molar-refractivity contribution in [3.63, 3.8) is 0 Å². The molecule has 4 heteroatoms. The van der Waals surface area contributed by atoms with Gasteiger partial charge >= 0.3 is 0 Å². The van der Waals surface area contributed by atoms with E-state index in [0.717, 1.165) is 27.8 Å². The van der Waals surface area contributed by atoms with Gasteiger partial charge in [0.15, 0.2) is 0 Å². The molecule has 0 atom stereocenters. The first-order valence-electron chi connectivity index (χ1n) is 6.08. The van der Waals surface area contributed by atoms with Gasteiger partial charge in [0.2, 0.25) is 0 Å². The average molecular weight is 385 g/mol. The quantitative estimate of drug-likeness (QED) is 0.746. The van der Waals surface area contributed by atoms with Crippen LogP contribution in [0, 0.1) is 0 Å². The van der Waals surface area contributed by atoms with Crippen molar-refractivity contribution < 1.29 is 4.74 Å². The summed E-state index contributed by atoms with van der Waals surface area (Å²) >= 11 is 6.89. The summed E-state index contributed by atoms with van der Waals surface area (Å²) < 4.78 is 7.70. The summed E-state index contributed by atoms with van der Waals surface area (Å²) in [6, 6.07) is 16.2. The molecule has 2 rings (SSSR count). The molecule has 0 aliphatic rings. The summed E-state index contributed by atoms with van der Waals surface area (Å²) in [6.07, 6.45) is 0. The average Bonchev–Trinajstić information content (AvgIpc) is 2.42. The maximum absolute atomic E-state index is 5.70. The Morgan fingerprint density at radius 2 is 1.79 bits per heavy atom. The van der Waals surface area contributed by atoms with Gasteiger partial charge in [-0.15, -0.1) is 0 Å². The van der Waals surface area contributed by atoms with Crippen molar-refractivity contribution >= 4 is 31.9 Å². The molecule has 0 unspecified atom stereocenters. The number of ether oxygens (including phenoxy) is 1. The van der Waals surface area contributed by atoms with E-state index in [1.54, 1.807) is 0 Å². The predicted octanol–water partition coefficient (Wildman–Crippen LogP) is 4.38. The molecule has 0 saturated carbocycles. The van der Waals surface area contributed by atoms with E-state index in [4.69, 9.17) is 4.74 Å². The van der Waals surface area contributed by atoms with Crippen LogP contribution in [0.2, 0.25) is 0 Å². The van der Waals surface area contributed by atoms with E-state index in [0.29, 0.717) is 6.61 Å². The van der Waals surface area contributed by atoms with Crippen LogP contribution in [0.1, 0.15) is 5.56 Å². The van der Waals surface area contributed by atoms with Crippen LogP contribution in [-0.4, -0.2) is 13.2 Å². The summed E-state index contributed by atoms with van der Waals surface area (Å²) in [7, 11) is 0. The molecule has 1 N–H and O–H groups in total. The molecular formula is C15H15Br2NO. The molecule has 0 spiro atoms. The highest BCUT2D eigenvalue weighted by molar-refractivity contribution is 9.11. The normalized spacial score (nSPS) is 10.4. The zero-order valence-corrected chi connectivity index (χ0v) is 13.6. The van der Waals surface area contributed by atoms with Gasteiger partial charge in [0.25, 0.3) is 0 Å². The second-order valence-corrected chi connectivity index (χ2v) is 5.86. The monoisotopic (exact) mass is 383 g/mol. The zero-order valence-electron chi connectivity index (χ0n) is 10.4. The highest BCUT2D eigenvalue weighted by Crippen LogP contribution is 2.27. The number of nitrogens with one attached hydrogen (secondary N) is 1. The highest BCUT2D eigenvalue weighted by Gasteiger charge is 2.01. The summed E-state index contributed by atoms with van der Waals surface area (Å²) in [4.78, 5) is 0. The second kappa shape index (κ2) is 7.68. The molecule has 0 aliphatic carbocycles. The van der Waals surface area contributed by atoms with Crippen LogP contribution in [-0.2, 0) is 6.54 Å². The van der Waals surface area contributed by atoms with Crippen LogP contribution in [0.4, 0.5) is 0 Å². The van der Waals surface area contributed by atoms with E-state index in [-0.39, 0.29) is 0 Å². The lowest BCUT2D eigenvalue weighted by Crippen LogP contribution is -2.20. The maximum atomic E-state index is 5.70. The standard InChI is InChI=1S/C15H15Br2NO/c16-13-6-7-15(14(17)10-13)19-9-8-18-11-12-4-2-1-3-5-12/h1-7,10,18H,8-9,11H2. The fourth-order valence-corrected chi connectivity index (χ4v) is 2.82. The lowest BCUT2D eigenvalue weighted by atomic mass is 10.2. The smallest absolute Gasteiger partial charge is 0.133 e. The summed E-state index contributed by atoms with van der Waals surface area (Å²) in [5.41, 5.74) is 1.28. The Labute approximate surface area is 130 Å². The van der Waals surface area contributed by atoms with Crippen molar-refractivity contribution in [3.05, 3.63) is 63.0 Å². The Morgan fingerprint density at radius 1 is 1.00 bits per heavy atom. The second-order valence-electron chi connectivity index (χ2n) is 4.09. The molecule has 2 aromatic rings. The van der Waals surface area contributed by atoms with Gasteiger partial charge in [0.05, 0.1) is 4.47 Å². The Kier molecular flexibility index (Phi) is 5.89. The molecule has 0 saturated heterocycles. The topological polar surface area (TPSA) is 21.3 Å². The Morgan fingerprint density at radius 3 is 2.53 bits per heavy atom. The van der Waals surface area contributed by atoms with Crippen molar-refractivity contribution in [1.29, 1.82) is 0 Å². The van der Waals surface area contributed by atoms with Crippen LogP contribution in [0.3, 0.4) is 0 Å². The molecule has 0 amide bonds. The number of halogens is 2. The Hall–Kier alpha value is -0.840. The van der Waals surface area contributed by atoms with Crippen molar-refractivity contribution in [2.75, 3.05) is 13.2 Å². The third-order valence-electron chi connectivity index (χ3n) is 2.60. The molecule has 0 aliphatic heterocycles. The summed E-state index contributed by atoms with van der Waals surface area (Å²) in [5.74, 6) is 0.865. The van der Waals surface area contributed by atoms with Crippen LogP contribution in [0.25, 0.3) is 0 Å². The third kappa shape index (κ3) is 4.97. The first kappa shape index (κ1) is 14.6. The molecule has 19 heavy (non-hydrogen) atoms. The number of rotatable bonds is 6. The minimum absolute atomic E-state index is 0.646. The number of hydrogen-bond acceptors (Lipinski definition) is 2. The minimum Gasteiger partial charge on any atom is -0.491 e. The van der Waals surface area contributed by atoms with E-state index in [9.17, 15) is 0 Å². The van der Waals surface area contributed by atoms with Gasteiger partial charge in [-0.05, 0) is 39.7 Å². The molecule has 0 radical (unpaired) electrons. The van der Waals surface area contributed by atoms with E-state index >= 15 is 0 Å². The van der Waals surface area contributed by atoms with Crippen LogP contribution in [0.15, 0.2) is 57.5 Å². The summed E-state index contributed by atoms with van der Waals surface area (Å²) in [5, 5.41) is 3.35. The predicted molar refractivity (Wildman–Crippen MR) is 85.5 cm³/mol. The van der Waals surface area contributed by atoms with Crippen LogP contribution in [0.5, 0.6) is 5.75 Å². The lowest BCUT2D eigenvalue weighted by Gasteiger charge is -2.09. The fourth-order valence-electron chi connectivity index (χ4n) is 1.65. The first-order valence-corrected chi connectivity index (χ1v) is 7.67. The molecule has 0 bridgehead atoms. The lowest BCUT2D eigenvalue weighted by molar-refractivity contribution is 0.312. The minimum atomic E-state index is 0.646. The van der Waals surface area contributed by atoms with Gasteiger partial charge in [-0.3, -0.25) is 0 Å². The van der Waals surface area contributed by atoms with Crippen molar-refractivity contribution in [2.45, 2.75) is 6.54 Å².